The smallest absolute Gasteiger partial charge is 0.195 e. The number of nitrogens with zero attached hydrogens (tertiary/aromatic N) is 4. The van der Waals surface area contributed by atoms with Crippen molar-refractivity contribution in [2.24, 2.45) is 5.92 Å². The van der Waals surface area contributed by atoms with Gasteiger partial charge in [0.2, 0.25) is 0 Å². The number of likely N-dealkylation sites (N-methyl/N-ethyl adjacent to an activating group) is 2. The zero-order chi connectivity index (χ0) is 21.5. The SMILES string of the molecule is C.Cc1c(C)c(C)c(C(C)(C)C2N(C)C3(N(C)C(C(C)C)N3C)N2C)c(C)c1C. The normalized spacial score (nSPS) is 29.2. The molecule has 2 aliphatic heterocycles. The molecule has 0 atom stereocenters. The topological polar surface area (TPSA) is 13.0 Å². The number of rotatable bonds is 3. The van der Waals surface area contributed by atoms with Crippen LogP contribution in [0.4, 0.5) is 0 Å². The van der Waals surface area contributed by atoms with Crippen LogP contribution in [0, 0.1) is 40.5 Å². The van der Waals surface area contributed by atoms with E-state index in [0.29, 0.717) is 18.2 Å². The average molecular weight is 403 g/mol. The third-order valence-corrected chi connectivity index (χ3v) is 8.31. The molecule has 4 nitrogen and oxygen atoms in total. The van der Waals surface area contributed by atoms with Gasteiger partial charge in [0.25, 0.3) is 0 Å². The first-order valence-electron chi connectivity index (χ1n) is 10.7. The molecule has 2 aliphatic rings. The van der Waals surface area contributed by atoms with Gasteiger partial charge in [0.05, 0.1) is 12.3 Å². The van der Waals surface area contributed by atoms with Gasteiger partial charge in [-0.1, -0.05) is 35.1 Å². The van der Waals surface area contributed by atoms with E-state index in [1.54, 1.807) is 0 Å². The van der Waals surface area contributed by atoms with E-state index in [-0.39, 0.29) is 18.8 Å². The van der Waals surface area contributed by atoms with Gasteiger partial charge in [0, 0.05) is 5.41 Å². The molecule has 0 amide bonds. The summed E-state index contributed by atoms with van der Waals surface area (Å²) in [5, 5.41) is 0. The summed E-state index contributed by atoms with van der Waals surface area (Å²) in [6.07, 6.45) is 0.839. The van der Waals surface area contributed by atoms with E-state index in [1.165, 1.54) is 33.4 Å². The molecule has 0 unspecified atom stereocenters. The highest BCUT2D eigenvalue weighted by Crippen LogP contribution is 2.54. The van der Waals surface area contributed by atoms with Crippen LogP contribution in [0.3, 0.4) is 0 Å². The minimum absolute atomic E-state index is 0. The molecule has 1 spiro atoms. The lowest BCUT2D eigenvalue weighted by Crippen LogP contribution is -2.98. The van der Waals surface area contributed by atoms with Crippen molar-refractivity contribution in [3.63, 3.8) is 0 Å². The fourth-order valence-corrected chi connectivity index (χ4v) is 7.04. The summed E-state index contributed by atoms with van der Waals surface area (Å²) in [6.45, 7) is 21.0. The van der Waals surface area contributed by atoms with E-state index in [4.69, 9.17) is 0 Å². The van der Waals surface area contributed by atoms with Crippen molar-refractivity contribution in [2.75, 3.05) is 28.2 Å². The lowest BCUT2D eigenvalue weighted by molar-refractivity contribution is -0.458. The van der Waals surface area contributed by atoms with Crippen LogP contribution in [0.2, 0.25) is 0 Å². The van der Waals surface area contributed by atoms with E-state index in [0.717, 1.165) is 0 Å². The number of hydrogen-bond acceptors (Lipinski definition) is 4. The quantitative estimate of drug-likeness (QED) is 0.719. The lowest BCUT2D eigenvalue weighted by Gasteiger charge is -2.80. The van der Waals surface area contributed by atoms with Crippen molar-refractivity contribution < 1.29 is 0 Å². The molecule has 0 saturated carbocycles. The second kappa shape index (κ2) is 7.33. The van der Waals surface area contributed by atoms with Crippen LogP contribution >= 0.6 is 0 Å². The van der Waals surface area contributed by atoms with Crippen LogP contribution in [0.5, 0.6) is 0 Å². The molecular formula is C25H46N4. The predicted molar refractivity (Wildman–Crippen MR) is 126 cm³/mol. The minimum atomic E-state index is -0.104. The Bertz CT molecular complexity index is 743. The highest BCUT2D eigenvalue weighted by Gasteiger charge is 2.71. The van der Waals surface area contributed by atoms with Crippen LogP contribution in [0.15, 0.2) is 0 Å². The third kappa shape index (κ3) is 2.72. The Morgan fingerprint density at radius 2 is 1.03 bits per heavy atom. The van der Waals surface area contributed by atoms with E-state index in [1.807, 2.05) is 0 Å². The van der Waals surface area contributed by atoms with Gasteiger partial charge in [-0.25, -0.2) is 19.6 Å². The van der Waals surface area contributed by atoms with Crippen molar-refractivity contribution in [1.29, 1.82) is 0 Å². The maximum Gasteiger partial charge on any atom is 0.195 e. The Labute approximate surface area is 180 Å². The van der Waals surface area contributed by atoms with E-state index >= 15 is 0 Å². The van der Waals surface area contributed by atoms with Crippen LogP contribution < -0.4 is 0 Å². The first-order chi connectivity index (χ1) is 12.7. The van der Waals surface area contributed by atoms with Gasteiger partial charge in [-0.15, -0.1) is 0 Å². The minimum Gasteiger partial charge on any atom is -0.246 e. The van der Waals surface area contributed by atoms with Crippen molar-refractivity contribution in [3.8, 4) is 0 Å². The second-order valence-electron chi connectivity index (χ2n) is 10.3. The van der Waals surface area contributed by atoms with Gasteiger partial charge < -0.3 is 0 Å². The van der Waals surface area contributed by atoms with Crippen molar-refractivity contribution in [2.45, 2.75) is 93.4 Å². The lowest BCUT2D eigenvalue weighted by atomic mass is 9.71. The van der Waals surface area contributed by atoms with Crippen molar-refractivity contribution in [1.82, 2.24) is 19.6 Å². The molecule has 166 valence electrons. The zero-order valence-corrected chi connectivity index (χ0v) is 20.5. The van der Waals surface area contributed by atoms with Gasteiger partial charge in [0.1, 0.15) is 0 Å². The van der Waals surface area contributed by atoms with Crippen LogP contribution in [0.1, 0.15) is 68.5 Å². The fraction of sp³-hybridized carbons (Fsp3) is 0.760. The molecule has 2 heterocycles. The zero-order valence-electron chi connectivity index (χ0n) is 20.5. The van der Waals surface area contributed by atoms with Crippen molar-refractivity contribution >= 4 is 0 Å². The molecule has 4 heteroatoms. The Kier molecular flexibility index (Phi) is 6.15. The number of benzene rings is 1. The molecule has 2 fully saturated rings. The first-order valence-corrected chi connectivity index (χ1v) is 10.7. The van der Waals surface area contributed by atoms with Crippen molar-refractivity contribution in [3.05, 3.63) is 33.4 Å². The molecule has 29 heavy (non-hydrogen) atoms. The standard InChI is InChI=1S/C24H42N4.CH4/c1-14(2)21-25(10)24(26(21)11)27(12)22(28(24)13)23(8,9)20-18(6)16(4)15(3)17(5)19(20)7;/h14,21-22H,1-13H3;1H4. The van der Waals surface area contributed by atoms with Gasteiger partial charge in [-0.05, 0) is 102 Å². The molecule has 0 aromatic heterocycles. The number of hydrogen-bond donors (Lipinski definition) is 0. The predicted octanol–water partition coefficient (Wildman–Crippen LogP) is 4.82. The van der Waals surface area contributed by atoms with Crippen LogP contribution in [0.25, 0.3) is 0 Å². The molecule has 1 aromatic carbocycles. The van der Waals surface area contributed by atoms with E-state index in [2.05, 4.69) is 110 Å². The molecule has 0 radical (unpaired) electrons. The summed E-state index contributed by atoms with van der Waals surface area (Å²) in [7, 11) is 9.15. The van der Waals surface area contributed by atoms with Gasteiger partial charge >= 0.3 is 0 Å². The third-order valence-electron chi connectivity index (χ3n) is 8.31. The molecule has 3 rings (SSSR count). The molecule has 2 saturated heterocycles. The second-order valence-corrected chi connectivity index (χ2v) is 10.3. The fourth-order valence-electron chi connectivity index (χ4n) is 7.04. The Morgan fingerprint density at radius 1 is 0.690 bits per heavy atom. The Balaban J connectivity index is 0.00000300. The summed E-state index contributed by atoms with van der Waals surface area (Å²) in [6, 6.07) is 0. The highest BCUT2D eigenvalue weighted by molar-refractivity contribution is 5.53. The van der Waals surface area contributed by atoms with E-state index < -0.39 is 0 Å². The highest BCUT2D eigenvalue weighted by atomic mass is 15.9. The summed E-state index contributed by atoms with van der Waals surface area (Å²) in [4.78, 5) is 10.2. The summed E-state index contributed by atoms with van der Waals surface area (Å²) in [5.74, 6) is 0.509. The molecule has 0 N–H and O–H groups in total. The summed E-state index contributed by atoms with van der Waals surface area (Å²) in [5.41, 5.74) is 8.81. The molecule has 0 bridgehead atoms. The average Bonchev–Trinajstić information content (AvgIpc) is 2.57. The van der Waals surface area contributed by atoms with Gasteiger partial charge in [-0.2, -0.15) is 0 Å². The summed E-state index contributed by atoms with van der Waals surface area (Å²) < 4.78 is 0. The molecule has 1 aromatic rings. The van der Waals surface area contributed by atoms with Crippen LogP contribution in [-0.4, -0.2) is 66.0 Å². The maximum atomic E-state index is 2.58. The molecule has 0 aliphatic carbocycles. The Morgan fingerprint density at radius 3 is 1.38 bits per heavy atom. The van der Waals surface area contributed by atoms with Gasteiger partial charge in [0.15, 0.2) is 5.91 Å². The maximum absolute atomic E-state index is 2.58. The Hall–Kier alpha value is -0.940. The van der Waals surface area contributed by atoms with Crippen LogP contribution in [-0.2, 0) is 5.41 Å². The van der Waals surface area contributed by atoms with Gasteiger partial charge in [-0.3, -0.25) is 0 Å². The largest absolute Gasteiger partial charge is 0.246 e. The summed E-state index contributed by atoms with van der Waals surface area (Å²) >= 11 is 0. The van der Waals surface area contributed by atoms with E-state index in [9.17, 15) is 0 Å². The monoisotopic (exact) mass is 402 g/mol. The molecular weight excluding hydrogens is 356 g/mol. The first kappa shape index (κ1) is 24.3.